The predicted octanol–water partition coefficient (Wildman–Crippen LogP) is 5.80. The first-order chi connectivity index (χ1) is 14.0. The fraction of sp³-hybridized carbons (Fsp3) is 0.227. The molecule has 29 heavy (non-hydrogen) atoms. The van der Waals surface area contributed by atoms with Crippen LogP contribution < -0.4 is 0 Å². The molecule has 3 aromatic rings. The molecular formula is C22H19Cl2N3O2. The van der Waals surface area contributed by atoms with Crippen molar-refractivity contribution >= 4 is 40.7 Å². The van der Waals surface area contributed by atoms with Crippen LogP contribution in [-0.4, -0.2) is 28.5 Å². The second-order valence-corrected chi connectivity index (χ2v) is 7.65. The number of esters is 1. The number of ether oxygens (including phenoxy) is 1. The van der Waals surface area contributed by atoms with E-state index in [4.69, 9.17) is 27.9 Å². The highest BCUT2D eigenvalue weighted by molar-refractivity contribution is 6.42. The number of H-pyrrole nitrogens is 1. The maximum absolute atomic E-state index is 12.9. The van der Waals surface area contributed by atoms with E-state index in [-0.39, 0.29) is 11.9 Å². The van der Waals surface area contributed by atoms with Gasteiger partial charge >= 0.3 is 5.97 Å². The molecule has 4 rings (SSSR count). The van der Waals surface area contributed by atoms with Gasteiger partial charge in [-0.25, -0.2) is 4.99 Å². The average Bonchev–Trinajstić information content (AvgIpc) is 3.13. The van der Waals surface area contributed by atoms with E-state index in [0.29, 0.717) is 28.2 Å². The number of carbonyl (C=O) groups excluding carboxylic acids is 1. The Morgan fingerprint density at radius 1 is 1.14 bits per heavy atom. The number of nitrogens with one attached hydrogen (secondary N) is 1. The summed E-state index contributed by atoms with van der Waals surface area (Å²) in [5.74, 6) is -0.696. The zero-order valence-electron chi connectivity index (χ0n) is 15.9. The highest BCUT2D eigenvalue weighted by atomic mass is 35.5. The number of nitrogens with zero attached hydrogens (tertiary/aromatic N) is 2. The van der Waals surface area contributed by atoms with E-state index in [9.17, 15) is 4.79 Å². The van der Waals surface area contributed by atoms with Crippen molar-refractivity contribution in [1.82, 2.24) is 10.2 Å². The second-order valence-electron chi connectivity index (χ2n) is 6.84. The Morgan fingerprint density at radius 3 is 2.59 bits per heavy atom. The third-order valence-corrected chi connectivity index (χ3v) is 5.81. The van der Waals surface area contributed by atoms with Gasteiger partial charge in [0.2, 0.25) is 0 Å². The molecule has 5 nitrogen and oxygen atoms in total. The predicted molar refractivity (Wildman–Crippen MR) is 115 cm³/mol. The SMILES string of the molecule is CCOC(=O)C1C(C)=Nc2n[nH]c(-c3ccccc3)c2C1c1ccc(Cl)c(Cl)c1. The quantitative estimate of drug-likeness (QED) is 0.534. The third-order valence-electron chi connectivity index (χ3n) is 5.07. The van der Waals surface area contributed by atoms with E-state index in [0.717, 1.165) is 22.4 Å². The van der Waals surface area contributed by atoms with Crippen LogP contribution in [0.25, 0.3) is 11.3 Å². The molecule has 2 aromatic carbocycles. The van der Waals surface area contributed by atoms with Gasteiger partial charge in [0, 0.05) is 17.2 Å². The van der Waals surface area contributed by atoms with Gasteiger partial charge in [0.05, 0.1) is 22.3 Å². The number of aromatic amines is 1. The minimum Gasteiger partial charge on any atom is -0.465 e. The first-order valence-electron chi connectivity index (χ1n) is 9.31. The smallest absolute Gasteiger partial charge is 0.315 e. The number of hydrogen-bond acceptors (Lipinski definition) is 4. The van der Waals surface area contributed by atoms with Crippen LogP contribution in [0.1, 0.15) is 30.9 Å². The molecule has 0 saturated heterocycles. The summed E-state index contributed by atoms with van der Waals surface area (Å²) in [6, 6.07) is 15.3. The number of carbonyl (C=O) groups is 1. The minimum absolute atomic E-state index is 0.292. The van der Waals surface area contributed by atoms with Gasteiger partial charge in [0.15, 0.2) is 5.82 Å². The van der Waals surface area contributed by atoms with Crippen LogP contribution in [-0.2, 0) is 9.53 Å². The Labute approximate surface area is 178 Å². The molecule has 0 amide bonds. The monoisotopic (exact) mass is 427 g/mol. The van der Waals surface area contributed by atoms with Gasteiger partial charge in [0.25, 0.3) is 0 Å². The van der Waals surface area contributed by atoms with Crippen molar-refractivity contribution in [1.29, 1.82) is 0 Å². The lowest BCUT2D eigenvalue weighted by molar-refractivity contribution is -0.146. The van der Waals surface area contributed by atoms with Gasteiger partial charge in [-0.15, -0.1) is 0 Å². The zero-order valence-corrected chi connectivity index (χ0v) is 17.5. The molecule has 0 fully saturated rings. The number of rotatable bonds is 4. The van der Waals surface area contributed by atoms with Crippen molar-refractivity contribution in [2.24, 2.45) is 10.9 Å². The summed E-state index contributed by atoms with van der Waals surface area (Å²) < 4.78 is 5.39. The zero-order chi connectivity index (χ0) is 20.5. The molecule has 2 heterocycles. The van der Waals surface area contributed by atoms with Crippen LogP contribution in [0.3, 0.4) is 0 Å². The molecule has 7 heteroatoms. The number of halogens is 2. The van der Waals surface area contributed by atoms with Crippen molar-refractivity contribution < 1.29 is 9.53 Å². The van der Waals surface area contributed by atoms with Crippen molar-refractivity contribution in [3.8, 4) is 11.3 Å². The molecule has 2 atom stereocenters. The van der Waals surface area contributed by atoms with Crippen molar-refractivity contribution in [3.05, 3.63) is 69.7 Å². The lowest BCUT2D eigenvalue weighted by Gasteiger charge is -2.30. The van der Waals surface area contributed by atoms with Crippen molar-refractivity contribution in [2.45, 2.75) is 19.8 Å². The summed E-state index contributed by atoms with van der Waals surface area (Å²) >= 11 is 12.5. The van der Waals surface area contributed by atoms with Crippen LogP contribution in [0.5, 0.6) is 0 Å². The van der Waals surface area contributed by atoms with E-state index in [1.54, 1.807) is 19.1 Å². The molecule has 1 N–H and O–H groups in total. The van der Waals surface area contributed by atoms with Crippen molar-refractivity contribution in [3.63, 3.8) is 0 Å². The lowest BCUT2D eigenvalue weighted by Crippen LogP contribution is -2.33. The maximum atomic E-state index is 12.9. The average molecular weight is 428 g/mol. The lowest BCUT2D eigenvalue weighted by atomic mass is 9.76. The summed E-state index contributed by atoms with van der Waals surface area (Å²) in [4.78, 5) is 17.5. The molecule has 1 aliphatic heterocycles. The van der Waals surface area contributed by atoms with Crippen LogP contribution in [0.15, 0.2) is 53.5 Å². The number of aromatic nitrogens is 2. The maximum Gasteiger partial charge on any atom is 0.315 e. The molecule has 148 valence electrons. The molecule has 2 unspecified atom stereocenters. The first kappa shape index (κ1) is 19.7. The van der Waals surface area contributed by atoms with E-state index >= 15 is 0 Å². The van der Waals surface area contributed by atoms with Gasteiger partial charge in [0.1, 0.15) is 5.92 Å². The molecule has 0 saturated carbocycles. The number of benzene rings is 2. The Bertz CT molecular complexity index is 1090. The Hall–Kier alpha value is -2.63. The Kier molecular flexibility index (Phi) is 5.43. The van der Waals surface area contributed by atoms with E-state index in [2.05, 4.69) is 15.2 Å². The molecule has 1 aromatic heterocycles. The van der Waals surface area contributed by atoms with Gasteiger partial charge in [-0.3, -0.25) is 9.89 Å². The molecule has 1 aliphatic rings. The van der Waals surface area contributed by atoms with Gasteiger partial charge in [-0.05, 0) is 37.1 Å². The number of fused-ring (bicyclic) bond motifs is 1. The third kappa shape index (κ3) is 3.56. The van der Waals surface area contributed by atoms with Crippen molar-refractivity contribution in [2.75, 3.05) is 6.61 Å². The van der Waals surface area contributed by atoms with Crippen LogP contribution >= 0.6 is 23.2 Å². The Morgan fingerprint density at radius 2 is 1.90 bits per heavy atom. The molecule has 0 bridgehead atoms. The van der Waals surface area contributed by atoms with Gasteiger partial charge < -0.3 is 4.74 Å². The summed E-state index contributed by atoms with van der Waals surface area (Å²) in [6.45, 7) is 3.91. The van der Waals surface area contributed by atoms with E-state index < -0.39 is 5.92 Å². The largest absolute Gasteiger partial charge is 0.465 e. The molecule has 0 spiro atoms. The standard InChI is InChI=1S/C22H19Cl2N3O2/c1-3-29-22(28)17-12(2)25-21-19(18(17)14-9-10-15(23)16(24)11-14)20(26-27-21)13-7-5-4-6-8-13/h4-11,17-18H,3H2,1-2H3,(H,26,27). The van der Waals surface area contributed by atoms with Gasteiger partial charge in [-0.2, -0.15) is 5.10 Å². The summed E-state index contributed by atoms with van der Waals surface area (Å²) in [7, 11) is 0. The number of aliphatic imine (C=N–C) groups is 1. The topological polar surface area (TPSA) is 67.3 Å². The molecule has 0 aliphatic carbocycles. The van der Waals surface area contributed by atoms with E-state index in [1.807, 2.05) is 43.3 Å². The summed E-state index contributed by atoms with van der Waals surface area (Å²) in [5, 5.41) is 8.40. The van der Waals surface area contributed by atoms with Crippen LogP contribution in [0, 0.1) is 5.92 Å². The first-order valence-corrected chi connectivity index (χ1v) is 10.1. The van der Waals surface area contributed by atoms with Crippen LogP contribution in [0.4, 0.5) is 5.82 Å². The molecular weight excluding hydrogens is 409 g/mol. The van der Waals surface area contributed by atoms with E-state index in [1.165, 1.54) is 0 Å². The van der Waals surface area contributed by atoms with Gasteiger partial charge in [-0.1, -0.05) is 59.6 Å². The highest BCUT2D eigenvalue weighted by Crippen LogP contribution is 2.47. The summed E-state index contributed by atoms with van der Waals surface area (Å²) in [6.07, 6.45) is 0. The normalized spacial score (nSPS) is 18.1. The number of hydrogen-bond donors (Lipinski definition) is 1. The fourth-order valence-corrected chi connectivity index (χ4v) is 4.10. The second kappa shape index (κ2) is 8.01. The summed E-state index contributed by atoms with van der Waals surface area (Å²) in [5.41, 5.74) is 4.13. The Balaban J connectivity index is 1.95. The fourth-order valence-electron chi connectivity index (χ4n) is 3.79. The highest BCUT2D eigenvalue weighted by Gasteiger charge is 2.41. The minimum atomic E-state index is -0.584. The molecule has 0 radical (unpaired) electrons. The van der Waals surface area contributed by atoms with Crippen LogP contribution in [0.2, 0.25) is 10.0 Å².